The maximum atomic E-state index is 13.3. The van der Waals surface area contributed by atoms with E-state index < -0.39 is 27.9 Å². The molecule has 0 saturated heterocycles. The van der Waals surface area contributed by atoms with Crippen LogP contribution in [-0.4, -0.2) is 43.8 Å². The van der Waals surface area contributed by atoms with E-state index in [0.29, 0.717) is 0 Å². The third-order valence-corrected chi connectivity index (χ3v) is 7.88. The fourth-order valence-corrected chi connectivity index (χ4v) is 5.60. The molecule has 35 heavy (non-hydrogen) atoms. The second-order valence-electron chi connectivity index (χ2n) is 7.72. The summed E-state index contributed by atoms with van der Waals surface area (Å²) in [5.41, 5.74) is 1.17. The van der Waals surface area contributed by atoms with Gasteiger partial charge in [-0.15, -0.1) is 11.3 Å². The standard InChI is InChI=1S/C24H25N3O6S2/c1-16(2)27(15-17-7-5-4-6-8-17)35(31,32)19-11-9-18(10-12-19)21(28)25-23-20(13-14-34-23)22(29)26-24(30)33-3/h4-14,16H,15H2,1-3H3,(H,25,28)(H,26,29,30). The highest BCUT2D eigenvalue weighted by Gasteiger charge is 2.27. The first kappa shape index (κ1) is 26.1. The van der Waals surface area contributed by atoms with Gasteiger partial charge in [0.2, 0.25) is 10.0 Å². The van der Waals surface area contributed by atoms with Crippen molar-refractivity contribution in [2.75, 3.05) is 12.4 Å². The monoisotopic (exact) mass is 515 g/mol. The first-order chi connectivity index (χ1) is 16.6. The Morgan fingerprint density at radius 2 is 1.63 bits per heavy atom. The van der Waals surface area contributed by atoms with Crippen molar-refractivity contribution >= 4 is 44.3 Å². The van der Waals surface area contributed by atoms with Crippen LogP contribution < -0.4 is 10.6 Å². The van der Waals surface area contributed by atoms with Crippen LogP contribution in [0.3, 0.4) is 0 Å². The minimum Gasteiger partial charge on any atom is -0.453 e. The molecule has 3 aromatic rings. The van der Waals surface area contributed by atoms with Gasteiger partial charge in [-0.1, -0.05) is 30.3 Å². The number of imide groups is 1. The van der Waals surface area contributed by atoms with Crippen LogP contribution in [-0.2, 0) is 21.3 Å². The third-order valence-electron chi connectivity index (χ3n) is 5.02. The van der Waals surface area contributed by atoms with Crippen LogP contribution in [0.2, 0.25) is 0 Å². The predicted octanol–water partition coefficient (Wildman–Crippen LogP) is 4.10. The summed E-state index contributed by atoms with van der Waals surface area (Å²) in [5, 5.41) is 6.47. The molecule has 9 nitrogen and oxygen atoms in total. The van der Waals surface area contributed by atoms with E-state index in [1.165, 1.54) is 34.6 Å². The lowest BCUT2D eigenvalue weighted by atomic mass is 10.2. The van der Waals surface area contributed by atoms with Crippen molar-refractivity contribution < 1.29 is 27.5 Å². The Morgan fingerprint density at radius 3 is 2.23 bits per heavy atom. The number of hydrogen-bond donors (Lipinski definition) is 2. The molecular formula is C24H25N3O6S2. The summed E-state index contributed by atoms with van der Waals surface area (Å²) in [5.74, 6) is -1.25. The molecule has 11 heteroatoms. The third kappa shape index (κ3) is 6.32. The summed E-state index contributed by atoms with van der Waals surface area (Å²) in [7, 11) is -2.69. The molecule has 3 rings (SSSR count). The lowest BCUT2D eigenvalue weighted by Crippen LogP contribution is -2.36. The summed E-state index contributed by atoms with van der Waals surface area (Å²) in [6.07, 6.45) is -0.919. The first-order valence-corrected chi connectivity index (χ1v) is 12.9. The normalized spacial score (nSPS) is 11.3. The Hall–Kier alpha value is -3.54. The van der Waals surface area contributed by atoms with E-state index in [4.69, 9.17) is 0 Å². The number of thiophene rings is 1. The van der Waals surface area contributed by atoms with Crippen LogP contribution in [0, 0.1) is 0 Å². The van der Waals surface area contributed by atoms with Crippen molar-refractivity contribution in [2.45, 2.75) is 31.3 Å². The number of rotatable bonds is 8. The summed E-state index contributed by atoms with van der Waals surface area (Å²) < 4.78 is 32.4. The average molecular weight is 516 g/mol. The molecule has 2 aromatic carbocycles. The van der Waals surface area contributed by atoms with Crippen LogP contribution >= 0.6 is 11.3 Å². The van der Waals surface area contributed by atoms with Crippen molar-refractivity contribution in [1.82, 2.24) is 9.62 Å². The fourth-order valence-electron chi connectivity index (χ4n) is 3.19. The molecule has 0 radical (unpaired) electrons. The summed E-state index contributed by atoms with van der Waals surface area (Å²) in [6.45, 7) is 3.83. The number of carbonyl (C=O) groups excluding carboxylic acids is 3. The van der Waals surface area contributed by atoms with Crippen molar-refractivity contribution in [2.24, 2.45) is 0 Å². The first-order valence-electron chi connectivity index (χ1n) is 10.6. The zero-order chi connectivity index (χ0) is 25.6. The fraction of sp³-hybridized carbons (Fsp3) is 0.208. The van der Waals surface area contributed by atoms with E-state index in [0.717, 1.165) is 24.0 Å². The molecule has 0 bridgehead atoms. The maximum absolute atomic E-state index is 13.3. The number of benzene rings is 2. The van der Waals surface area contributed by atoms with E-state index in [1.807, 2.05) is 35.6 Å². The molecule has 0 saturated carbocycles. The number of amides is 3. The van der Waals surface area contributed by atoms with E-state index >= 15 is 0 Å². The van der Waals surface area contributed by atoms with Crippen molar-refractivity contribution in [3.8, 4) is 0 Å². The van der Waals surface area contributed by atoms with Crippen LogP contribution in [0.25, 0.3) is 0 Å². The molecule has 0 aliphatic carbocycles. The number of ether oxygens (including phenoxy) is 1. The van der Waals surface area contributed by atoms with Crippen LogP contribution in [0.4, 0.5) is 9.80 Å². The minimum absolute atomic E-state index is 0.0629. The van der Waals surface area contributed by atoms with Gasteiger partial charge < -0.3 is 10.1 Å². The minimum atomic E-state index is -3.82. The number of nitrogens with zero attached hydrogens (tertiary/aromatic N) is 1. The van der Waals surface area contributed by atoms with Gasteiger partial charge in [-0.05, 0) is 55.1 Å². The molecule has 1 heterocycles. The van der Waals surface area contributed by atoms with Gasteiger partial charge in [-0.25, -0.2) is 13.2 Å². The van der Waals surface area contributed by atoms with E-state index in [9.17, 15) is 22.8 Å². The van der Waals surface area contributed by atoms with E-state index in [2.05, 4.69) is 10.1 Å². The zero-order valence-corrected chi connectivity index (χ0v) is 21.0. The molecule has 0 atom stereocenters. The van der Waals surface area contributed by atoms with Gasteiger partial charge in [-0.3, -0.25) is 14.9 Å². The Labute approximate surface area is 207 Å². The lowest BCUT2D eigenvalue weighted by Gasteiger charge is -2.26. The quantitative estimate of drug-likeness (QED) is 0.466. The molecule has 1 aromatic heterocycles. The number of anilines is 1. The summed E-state index contributed by atoms with van der Waals surface area (Å²) in [6, 6.07) is 16.1. The van der Waals surface area contributed by atoms with E-state index in [1.54, 1.807) is 19.2 Å². The number of nitrogens with one attached hydrogen (secondary N) is 2. The molecule has 0 unspecified atom stereocenters. The average Bonchev–Trinajstić information content (AvgIpc) is 3.31. The van der Waals surface area contributed by atoms with Crippen molar-refractivity contribution in [3.63, 3.8) is 0 Å². The highest BCUT2D eigenvalue weighted by Crippen LogP contribution is 2.25. The number of methoxy groups -OCH3 is 1. The Kier molecular flexibility index (Phi) is 8.39. The van der Waals surface area contributed by atoms with Gasteiger partial charge in [-0.2, -0.15) is 4.31 Å². The van der Waals surface area contributed by atoms with Gasteiger partial charge >= 0.3 is 6.09 Å². The van der Waals surface area contributed by atoms with Crippen LogP contribution in [0.1, 0.15) is 40.1 Å². The summed E-state index contributed by atoms with van der Waals surface area (Å²) in [4.78, 5) is 36.3. The second-order valence-corrected chi connectivity index (χ2v) is 10.5. The smallest absolute Gasteiger partial charge is 0.413 e. The van der Waals surface area contributed by atoms with Crippen molar-refractivity contribution in [3.05, 3.63) is 82.7 Å². The van der Waals surface area contributed by atoms with Gasteiger partial charge in [0, 0.05) is 18.2 Å². The highest BCUT2D eigenvalue weighted by atomic mass is 32.2. The Morgan fingerprint density at radius 1 is 0.971 bits per heavy atom. The predicted molar refractivity (Wildman–Crippen MR) is 133 cm³/mol. The van der Waals surface area contributed by atoms with Crippen LogP contribution in [0.15, 0.2) is 70.9 Å². The van der Waals surface area contributed by atoms with Gasteiger partial charge in [0.15, 0.2) is 0 Å². The topological polar surface area (TPSA) is 122 Å². The molecule has 2 N–H and O–H groups in total. The SMILES string of the molecule is COC(=O)NC(=O)c1ccsc1NC(=O)c1ccc(S(=O)(=O)N(Cc2ccccc2)C(C)C)cc1. The Bertz CT molecular complexity index is 1300. The Balaban J connectivity index is 1.76. The molecule has 0 aliphatic rings. The number of carbonyl (C=O) groups is 3. The van der Waals surface area contributed by atoms with E-state index in [-0.39, 0.29) is 33.6 Å². The number of hydrogen-bond acceptors (Lipinski definition) is 7. The molecule has 0 aliphatic heterocycles. The molecule has 184 valence electrons. The number of sulfonamides is 1. The zero-order valence-electron chi connectivity index (χ0n) is 19.3. The highest BCUT2D eigenvalue weighted by molar-refractivity contribution is 7.89. The maximum Gasteiger partial charge on any atom is 0.413 e. The lowest BCUT2D eigenvalue weighted by molar-refractivity contribution is 0.0938. The van der Waals surface area contributed by atoms with Gasteiger partial charge in [0.05, 0.1) is 17.6 Å². The second kappa shape index (κ2) is 11.3. The molecular weight excluding hydrogens is 490 g/mol. The largest absolute Gasteiger partial charge is 0.453 e. The summed E-state index contributed by atoms with van der Waals surface area (Å²) >= 11 is 1.10. The van der Waals surface area contributed by atoms with Crippen molar-refractivity contribution in [1.29, 1.82) is 0 Å². The van der Waals surface area contributed by atoms with Gasteiger partial charge in [0.25, 0.3) is 11.8 Å². The van der Waals surface area contributed by atoms with Gasteiger partial charge in [0.1, 0.15) is 5.00 Å². The molecule has 0 spiro atoms. The molecule has 0 fully saturated rings. The number of alkyl carbamates (subject to hydrolysis) is 1. The molecule has 3 amide bonds. The van der Waals surface area contributed by atoms with Crippen LogP contribution in [0.5, 0.6) is 0 Å².